The number of hydrogen-bond acceptors (Lipinski definition) is 3. The van der Waals surface area contributed by atoms with E-state index < -0.39 is 0 Å². The summed E-state index contributed by atoms with van der Waals surface area (Å²) in [6.07, 6.45) is 1.54. The molecule has 6 heteroatoms. The lowest BCUT2D eigenvalue weighted by atomic mass is 10.2. The lowest BCUT2D eigenvalue weighted by molar-refractivity contribution is -0.115. The fourth-order valence-corrected chi connectivity index (χ4v) is 1.79. The zero-order chi connectivity index (χ0) is 11.5. The van der Waals surface area contributed by atoms with Crippen molar-refractivity contribution in [2.75, 3.05) is 5.32 Å². The van der Waals surface area contributed by atoms with E-state index in [4.69, 9.17) is 5.26 Å². The SMILES string of the molecule is N#CCC(=O)Nc1cc2[nH]ncc2cc1Br. The summed E-state index contributed by atoms with van der Waals surface area (Å²) in [5.74, 6) is -0.331. The number of halogens is 1. The van der Waals surface area contributed by atoms with Gasteiger partial charge in [-0.1, -0.05) is 0 Å². The van der Waals surface area contributed by atoms with Gasteiger partial charge in [0.05, 0.1) is 23.5 Å². The third kappa shape index (κ3) is 2.04. The van der Waals surface area contributed by atoms with Crippen LogP contribution < -0.4 is 5.32 Å². The van der Waals surface area contributed by atoms with Crippen LogP contribution in [0.1, 0.15) is 6.42 Å². The van der Waals surface area contributed by atoms with Crippen molar-refractivity contribution in [1.29, 1.82) is 5.26 Å². The molecule has 80 valence electrons. The molecule has 0 spiro atoms. The smallest absolute Gasteiger partial charge is 0.238 e. The molecule has 16 heavy (non-hydrogen) atoms. The topological polar surface area (TPSA) is 81.6 Å². The molecule has 0 atom stereocenters. The van der Waals surface area contributed by atoms with Crippen molar-refractivity contribution < 1.29 is 4.79 Å². The van der Waals surface area contributed by atoms with Gasteiger partial charge in [-0.15, -0.1) is 0 Å². The zero-order valence-corrected chi connectivity index (χ0v) is 9.71. The van der Waals surface area contributed by atoms with Gasteiger partial charge in [0.25, 0.3) is 0 Å². The minimum Gasteiger partial charge on any atom is -0.324 e. The van der Waals surface area contributed by atoms with Gasteiger partial charge in [0.15, 0.2) is 0 Å². The van der Waals surface area contributed by atoms with Gasteiger partial charge in [-0.25, -0.2) is 0 Å². The Bertz CT molecular complexity index is 584. The first kappa shape index (κ1) is 10.6. The number of aromatic nitrogens is 2. The molecule has 0 saturated carbocycles. The minimum absolute atomic E-state index is 0.159. The van der Waals surface area contributed by atoms with E-state index in [9.17, 15) is 4.79 Å². The zero-order valence-electron chi connectivity index (χ0n) is 8.12. The number of benzene rings is 1. The lowest BCUT2D eigenvalue weighted by Crippen LogP contribution is -2.10. The number of nitrogens with zero attached hydrogens (tertiary/aromatic N) is 2. The first-order valence-electron chi connectivity index (χ1n) is 4.50. The lowest BCUT2D eigenvalue weighted by Gasteiger charge is -2.05. The second-order valence-corrected chi connectivity index (χ2v) is 4.03. The van der Waals surface area contributed by atoms with Gasteiger partial charge in [0.2, 0.25) is 5.91 Å². The van der Waals surface area contributed by atoms with E-state index in [0.717, 1.165) is 15.4 Å². The molecule has 0 aliphatic carbocycles. The molecular weight excluding hydrogens is 272 g/mol. The Hall–Kier alpha value is -1.87. The summed E-state index contributed by atoms with van der Waals surface area (Å²) in [4.78, 5) is 11.3. The van der Waals surface area contributed by atoms with Crippen LogP contribution in [0, 0.1) is 11.3 Å². The normalized spacial score (nSPS) is 10.0. The summed E-state index contributed by atoms with van der Waals surface area (Å²) in [5.41, 5.74) is 1.45. The van der Waals surface area contributed by atoms with Gasteiger partial charge in [0, 0.05) is 9.86 Å². The first-order chi connectivity index (χ1) is 7.70. The van der Waals surface area contributed by atoms with E-state index in [1.807, 2.05) is 6.07 Å². The average Bonchev–Trinajstić information content (AvgIpc) is 2.65. The molecular formula is C10H7BrN4O. The van der Waals surface area contributed by atoms with Gasteiger partial charge in [-0.3, -0.25) is 9.89 Å². The number of nitriles is 1. The van der Waals surface area contributed by atoms with Gasteiger partial charge in [-0.05, 0) is 28.1 Å². The van der Waals surface area contributed by atoms with Crippen LogP contribution in [0.5, 0.6) is 0 Å². The van der Waals surface area contributed by atoms with E-state index >= 15 is 0 Å². The Morgan fingerprint density at radius 3 is 3.19 bits per heavy atom. The molecule has 2 aromatic rings. The number of carbonyl (C=O) groups is 1. The van der Waals surface area contributed by atoms with Crippen LogP contribution in [0.3, 0.4) is 0 Å². The summed E-state index contributed by atoms with van der Waals surface area (Å²) in [6.45, 7) is 0. The maximum Gasteiger partial charge on any atom is 0.238 e. The Kier molecular flexibility index (Phi) is 2.88. The van der Waals surface area contributed by atoms with E-state index in [1.165, 1.54) is 0 Å². The van der Waals surface area contributed by atoms with Gasteiger partial charge in [0.1, 0.15) is 6.42 Å². The fourth-order valence-electron chi connectivity index (χ4n) is 1.33. The van der Waals surface area contributed by atoms with Crippen LogP contribution >= 0.6 is 15.9 Å². The summed E-state index contributed by atoms with van der Waals surface area (Å²) < 4.78 is 0.757. The molecule has 1 aromatic carbocycles. The number of fused-ring (bicyclic) bond motifs is 1. The molecule has 0 fully saturated rings. The molecule has 0 aliphatic rings. The molecule has 0 bridgehead atoms. The highest BCUT2D eigenvalue weighted by molar-refractivity contribution is 9.10. The molecule has 0 saturated heterocycles. The Morgan fingerprint density at radius 1 is 1.62 bits per heavy atom. The number of carbonyl (C=O) groups excluding carboxylic acids is 1. The van der Waals surface area contributed by atoms with Crippen molar-refractivity contribution in [3.8, 4) is 6.07 Å². The van der Waals surface area contributed by atoms with Crippen LogP contribution in [-0.4, -0.2) is 16.1 Å². The van der Waals surface area contributed by atoms with E-state index in [2.05, 4.69) is 31.4 Å². The van der Waals surface area contributed by atoms with E-state index in [1.54, 1.807) is 18.3 Å². The van der Waals surface area contributed by atoms with Crippen LogP contribution in [0.4, 0.5) is 5.69 Å². The van der Waals surface area contributed by atoms with Crippen molar-refractivity contribution in [3.63, 3.8) is 0 Å². The van der Waals surface area contributed by atoms with Crippen molar-refractivity contribution in [2.24, 2.45) is 0 Å². The van der Waals surface area contributed by atoms with E-state index in [-0.39, 0.29) is 12.3 Å². The average molecular weight is 279 g/mol. The maximum atomic E-state index is 11.3. The van der Waals surface area contributed by atoms with E-state index in [0.29, 0.717) is 5.69 Å². The molecule has 5 nitrogen and oxygen atoms in total. The standard InChI is InChI=1S/C10H7BrN4O/c11-7-3-6-5-13-15-8(6)4-9(7)14-10(16)1-2-12/h3-5H,1H2,(H,13,15)(H,14,16). The fraction of sp³-hybridized carbons (Fsp3) is 0.100. The minimum atomic E-state index is -0.331. The third-order valence-corrected chi connectivity index (χ3v) is 2.70. The predicted molar refractivity (Wildman–Crippen MR) is 62.7 cm³/mol. The molecule has 0 radical (unpaired) electrons. The van der Waals surface area contributed by atoms with Gasteiger partial charge < -0.3 is 5.32 Å². The van der Waals surface area contributed by atoms with Crippen molar-refractivity contribution in [2.45, 2.75) is 6.42 Å². The summed E-state index contributed by atoms with van der Waals surface area (Å²) in [5, 5.41) is 18.7. The largest absolute Gasteiger partial charge is 0.324 e. The summed E-state index contributed by atoms with van der Waals surface area (Å²) in [6, 6.07) is 5.41. The molecule has 1 amide bonds. The van der Waals surface area contributed by atoms with Gasteiger partial charge in [-0.2, -0.15) is 10.4 Å². The number of aromatic amines is 1. The van der Waals surface area contributed by atoms with Crippen LogP contribution in [-0.2, 0) is 4.79 Å². The van der Waals surface area contributed by atoms with Crippen molar-refractivity contribution >= 4 is 38.4 Å². The second kappa shape index (κ2) is 4.33. The van der Waals surface area contributed by atoms with Crippen LogP contribution in [0.25, 0.3) is 10.9 Å². The number of H-pyrrole nitrogens is 1. The first-order valence-corrected chi connectivity index (χ1v) is 5.29. The summed E-state index contributed by atoms with van der Waals surface area (Å²) >= 11 is 3.34. The van der Waals surface area contributed by atoms with Crippen LogP contribution in [0.2, 0.25) is 0 Å². The quantitative estimate of drug-likeness (QED) is 0.883. The third-order valence-electron chi connectivity index (χ3n) is 2.04. The maximum absolute atomic E-state index is 11.3. The number of hydrogen-bond donors (Lipinski definition) is 2. The highest BCUT2D eigenvalue weighted by Gasteiger charge is 2.07. The highest BCUT2D eigenvalue weighted by Crippen LogP contribution is 2.27. The molecule has 0 unspecified atom stereocenters. The Morgan fingerprint density at radius 2 is 2.44 bits per heavy atom. The highest BCUT2D eigenvalue weighted by atomic mass is 79.9. The van der Waals surface area contributed by atoms with Crippen molar-refractivity contribution in [1.82, 2.24) is 10.2 Å². The number of anilines is 1. The van der Waals surface area contributed by atoms with Crippen molar-refractivity contribution in [3.05, 3.63) is 22.8 Å². The number of nitrogens with one attached hydrogen (secondary N) is 2. The number of amides is 1. The summed E-state index contributed by atoms with van der Waals surface area (Å²) in [7, 11) is 0. The van der Waals surface area contributed by atoms with Gasteiger partial charge >= 0.3 is 0 Å². The molecule has 0 aliphatic heterocycles. The monoisotopic (exact) mass is 278 g/mol. The predicted octanol–water partition coefficient (Wildman–Crippen LogP) is 2.18. The Labute approximate surface area is 99.6 Å². The molecule has 2 rings (SSSR count). The Balaban J connectivity index is 2.33. The number of rotatable bonds is 2. The molecule has 1 aromatic heterocycles. The van der Waals surface area contributed by atoms with Crippen LogP contribution in [0.15, 0.2) is 22.8 Å². The molecule has 1 heterocycles. The molecule has 2 N–H and O–H groups in total. The second-order valence-electron chi connectivity index (χ2n) is 3.17.